The van der Waals surface area contributed by atoms with Crippen LogP contribution in [0, 0.1) is 0 Å². The lowest BCUT2D eigenvalue weighted by Gasteiger charge is -2.31. The molecule has 4 N–H and O–H groups in total. The van der Waals surface area contributed by atoms with Crippen LogP contribution in [-0.2, 0) is 13.2 Å². The topological polar surface area (TPSA) is 78.6 Å². The van der Waals surface area contributed by atoms with Gasteiger partial charge in [0.2, 0.25) is 0 Å². The van der Waals surface area contributed by atoms with Crippen LogP contribution in [0.25, 0.3) is 0 Å². The van der Waals surface area contributed by atoms with Crippen LogP contribution >= 0.6 is 0 Å². The molecule has 1 fully saturated rings. The number of rotatable bonds is 4. The van der Waals surface area contributed by atoms with Crippen LogP contribution in [0.15, 0.2) is 24.3 Å². The molecule has 0 aromatic heterocycles. The Morgan fingerprint density at radius 3 is 2.37 bits per heavy atom. The van der Waals surface area contributed by atoms with Crippen molar-refractivity contribution < 1.29 is 9.90 Å². The molecular formula is C14H21N3O2. The van der Waals surface area contributed by atoms with Crippen molar-refractivity contribution in [1.82, 2.24) is 10.2 Å². The Morgan fingerprint density at radius 2 is 1.84 bits per heavy atom. The van der Waals surface area contributed by atoms with E-state index in [1.54, 1.807) is 4.90 Å². The largest absolute Gasteiger partial charge is 0.392 e. The summed E-state index contributed by atoms with van der Waals surface area (Å²) in [6.45, 7) is 2.36. The van der Waals surface area contributed by atoms with Crippen LogP contribution in [0.1, 0.15) is 24.0 Å². The molecule has 0 radical (unpaired) electrons. The van der Waals surface area contributed by atoms with E-state index in [0.717, 1.165) is 38.0 Å². The number of nitrogens with one attached hydrogen (secondary N) is 1. The Kier molecular flexibility index (Phi) is 4.76. The second kappa shape index (κ2) is 6.54. The Balaban J connectivity index is 1.75. The molecule has 1 aliphatic rings. The fraction of sp³-hybridized carbons (Fsp3) is 0.500. The number of carbonyl (C=O) groups is 1. The maximum absolute atomic E-state index is 11.0. The molecule has 1 aliphatic heterocycles. The number of benzene rings is 1. The first-order chi connectivity index (χ1) is 9.19. The van der Waals surface area contributed by atoms with E-state index in [9.17, 15) is 4.79 Å². The van der Waals surface area contributed by atoms with Crippen molar-refractivity contribution in [2.75, 3.05) is 13.1 Å². The summed E-state index contributed by atoms with van der Waals surface area (Å²) >= 11 is 0. The summed E-state index contributed by atoms with van der Waals surface area (Å²) in [6, 6.07) is 8.04. The third kappa shape index (κ3) is 3.94. The highest BCUT2D eigenvalue weighted by atomic mass is 16.3. The van der Waals surface area contributed by atoms with Crippen molar-refractivity contribution in [3.8, 4) is 0 Å². The summed E-state index contributed by atoms with van der Waals surface area (Å²) in [5.41, 5.74) is 7.38. The predicted molar refractivity (Wildman–Crippen MR) is 73.4 cm³/mol. The minimum atomic E-state index is -0.321. The number of carbonyl (C=O) groups excluding carboxylic acids is 1. The number of urea groups is 1. The first-order valence-corrected chi connectivity index (χ1v) is 6.65. The monoisotopic (exact) mass is 263 g/mol. The maximum atomic E-state index is 11.0. The fourth-order valence-corrected chi connectivity index (χ4v) is 2.33. The van der Waals surface area contributed by atoms with E-state index in [1.807, 2.05) is 24.3 Å². The van der Waals surface area contributed by atoms with Crippen LogP contribution in [0.4, 0.5) is 4.79 Å². The van der Waals surface area contributed by atoms with Crippen LogP contribution in [-0.4, -0.2) is 35.2 Å². The first kappa shape index (κ1) is 13.8. The number of nitrogens with zero attached hydrogens (tertiary/aromatic N) is 1. The predicted octanol–water partition coefficient (Wildman–Crippen LogP) is 0.812. The smallest absolute Gasteiger partial charge is 0.314 e. The van der Waals surface area contributed by atoms with E-state index in [-0.39, 0.29) is 12.6 Å². The van der Waals surface area contributed by atoms with Gasteiger partial charge in [-0.05, 0) is 24.0 Å². The Hall–Kier alpha value is -1.59. The molecule has 0 atom stereocenters. The van der Waals surface area contributed by atoms with Gasteiger partial charge in [-0.2, -0.15) is 0 Å². The molecule has 1 aromatic carbocycles. The van der Waals surface area contributed by atoms with Gasteiger partial charge in [0.05, 0.1) is 6.61 Å². The van der Waals surface area contributed by atoms with Crippen molar-refractivity contribution in [1.29, 1.82) is 0 Å². The highest BCUT2D eigenvalue weighted by molar-refractivity contribution is 5.72. The lowest BCUT2D eigenvalue weighted by Crippen LogP contribution is -2.46. The summed E-state index contributed by atoms with van der Waals surface area (Å²) in [4.78, 5) is 12.7. The fourth-order valence-electron chi connectivity index (χ4n) is 2.33. The molecule has 2 rings (SSSR count). The highest BCUT2D eigenvalue weighted by Crippen LogP contribution is 2.11. The second-order valence-corrected chi connectivity index (χ2v) is 4.96. The van der Waals surface area contributed by atoms with Gasteiger partial charge in [0, 0.05) is 25.7 Å². The van der Waals surface area contributed by atoms with E-state index in [4.69, 9.17) is 10.8 Å². The average molecular weight is 263 g/mol. The number of primary amides is 1. The van der Waals surface area contributed by atoms with Crippen molar-refractivity contribution in [3.05, 3.63) is 35.4 Å². The number of hydrogen-bond donors (Lipinski definition) is 3. The van der Waals surface area contributed by atoms with Gasteiger partial charge in [0.1, 0.15) is 0 Å². The molecule has 0 bridgehead atoms. The standard InChI is InChI=1S/C14H21N3O2/c15-14(19)17-7-5-13(6-8-17)16-9-11-1-3-12(10-18)4-2-11/h1-4,13,16,18H,5-10H2,(H2,15,19). The molecule has 1 saturated heterocycles. The van der Waals surface area contributed by atoms with Gasteiger partial charge in [-0.25, -0.2) is 4.79 Å². The number of aliphatic hydroxyl groups excluding tert-OH is 1. The zero-order valence-electron chi connectivity index (χ0n) is 11.0. The van der Waals surface area contributed by atoms with Gasteiger partial charge in [-0.15, -0.1) is 0 Å². The molecule has 5 heteroatoms. The average Bonchev–Trinajstić information content (AvgIpc) is 2.46. The molecule has 0 aliphatic carbocycles. The maximum Gasteiger partial charge on any atom is 0.314 e. The lowest BCUT2D eigenvalue weighted by atomic mass is 10.0. The molecule has 2 amide bonds. The van der Waals surface area contributed by atoms with Crippen LogP contribution in [0.2, 0.25) is 0 Å². The lowest BCUT2D eigenvalue weighted by molar-refractivity contribution is 0.185. The third-order valence-electron chi connectivity index (χ3n) is 3.61. The Morgan fingerprint density at radius 1 is 1.26 bits per heavy atom. The van der Waals surface area contributed by atoms with Gasteiger partial charge >= 0.3 is 6.03 Å². The number of nitrogens with two attached hydrogens (primary N) is 1. The Bertz CT molecular complexity index is 411. The van der Waals surface area contributed by atoms with E-state index >= 15 is 0 Å². The molecule has 1 heterocycles. The summed E-state index contributed by atoms with van der Waals surface area (Å²) in [5, 5.41) is 12.5. The number of piperidine rings is 1. The van der Waals surface area contributed by atoms with Crippen molar-refractivity contribution in [2.24, 2.45) is 5.73 Å². The van der Waals surface area contributed by atoms with Gasteiger partial charge in [-0.3, -0.25) is 0 Å². The van der Waals surface area contributed by atoms with E-state index in [0.29, 0.717) is 6.04 Å². The minimum Gasteiger partial charge on any atom is -0.392 e. The molecular weight excluding hydrogens is 242 g/mol. The summed E-state index contributed by atoms with van der Waals surface area (Å²) in [7, 11) is 0. The van der Waals surface area contributed by atoms with E-state index < -0.39 is 0 Å². The van der Waals surface area contributed by atoms with E-state index in [1.165, 1.54) is 5.56 Å². The van der Waals surface area contributed by atoms with Crippen LogP contribution in [0.5, 0.6) is 0 Å². The summed E-state index contributed by atoms with van der Waals surface area (Å²) < 4.78 is 0. The summed E-state index contributed by atoms with van der Waals surface area (Å²) in [5.74, 6) is 0. The molecule has 0 spiro atoms. The van der Waals surface area contributed by atoms with Crippen LogP contribution < -0.4 is 11.1 Å². The van der Waals surface area contributed by atoms with Crippen LogP contribution in [0.3, 0.4) is 0 Å². The summed E-state index contributed by atoms with van der Waals surface area (Å²) in [6.07, 6.45) is 1.88. The van der Waals surface area contributed by atoms with Gasteiger partial charge in [0.15, 0.2) is 0 Å². The minimum absolute atomic E-state index is 0.0826. The number of aliphatic hydroxyl groups is 1. The molecule has 0 saturated carbocycles. The number of amides is 2. The zero-order chi connectivity index (χ0) is 13.7. The third-order valence-corrected chi connectivity index (χ3v) is 3.61. The second-order valence-electron chi connectivity index (χ2n) is 4.96. The number of hydrogen-bond acceptors (Lipinski definition) is 3. The number of likely N-dealkylation sites (tertiary alicyclic amines) is 1. The molecule has 5 nitrogen and oxygen atoms in total. The highest BCUT2D eigenvalue weighted by Gasteiger charge is 2.20. The molecule has 0 unspecified atom stereocenters. The quantitative estimate of drug-likeness (QED) is 0.752. The van der Waals surface area contributed by atoms with Crippen molar-refractivity contribution in [2.45, 2.75) is 32.0 Å². The molecule has 1 aromatic rings. The van der Waals surface area contributed by atoms with Gasteiger partial charge in [0.25, 0.3) is 0 Å². The van der Waals surface area contributed by atoms with Crippen molar-refractivity contribution in [3.63, 3.8) is 0 Å². The Labute approximate surface area is 113 Å². The molecule has 104 valence electrons. The van der Waals surface area contributed by atoms with Gasteiger partial charge < -0.3 is 21.1 Å². The van der Waals surface area contributed by atoms with Gasteiger partial charge in [-0.1, -0.05) is 24.3 Å². The first-order valence-electron chi connectivity index (χ1n) is 6.65. The zero-order valence-corrected chi connectivity index (χ0v) is 11.0. The SMILES string of the molecule is NC(=O)N1CCC(NCc2ccc(CO)cc2)CC1. The molecule has 19 heavy (non-hydrogen) atoms. The van der Waals surface area contributed by atoms with Crippen molar-refractivity contribution >= 4 is 6.03 Å². The van der Waals surface area contributed by atoms with E-state index in [2.05, 4.69) is 5.32 Å². The normalized spacial score (nSPS) is 16.6.